The third-order valence-electron chi connectivity index (χ3n) is 12.8. The van der Waals surface area contributed by atoms with Crippen LogP contribution >= 0.6 is 0 Å². The first kappa shape index (κ1) is 59.4. The predicted octanol–water partition coefficient (Wildman–Crippen LogP) is 17.7. The van der Waals surface area contributed by atoms with Crippen molar-refractivity contribution in [3.63, 3.8) is 0 Å². The van der Waals surface area contributed by atoms with Crippen LogP contribution in [-0.2, 0) is 28.6 Å². The Morgan fingerprint density at radius 2 is 0.623 bits per heavy atom. The Bertz CT molecular complexity index is 933. The number of esters is 3. The maximum Gasteiger partial charge on any atom is 0.306 e. The Balaban J connectivity index is 4.26. The molecule has 2 atom stereocenters. The van der Waals surface area contributed by atoms with Gasteiger partial charge in [-0.2, -0.15) is 0 Å². The molecule has 0 N–H and O–H groups in total. The van der Waals surface area contributed by atoms with Crippen LogP contribution in [0.4, 0.5) is 0 Å². The van der Waals surface area contributed by atoms with Crippen LogP contribution in [0.15, 0.2) is 0 Å². The van der Waals surface area contributed by atoms with Gasteiger partial charge in [-0.05, 0) is 31.1 Å². The zero-order valence-corrected chi connectivity index (χ0v) is 41.8. The Labute approximate surface area is 380 Å². The molecule has 0 saturated carbocycles. The molecule has 362 valence electrons. The summed E-state index contributed by atoms with van der Waals surface area (Å²) in [4.78, 5) is 38.0. The Morgan fingerprint density at radius 1 is 0.344 bits per heavy atom. The van der Waals surface area contributed by atoms with E-state index in [1.165, 1.54) is 193 Å². The van der Waals surface area contributed by atoms with Crippen molar-refractivity contribution in [3.05, 3.63) is 0 Å². The van der Waals surface area contributed by atoms with Crippen molar-refractivity contribution in [3.8, 4) is 0 Å². The Hall–Kier alpha value is -1.59. The lowest BCUT2D eigenvalue weighted by Gasteiger charge is -2.18. The minimum atomic E-state index is -0.761. The highest BCUT2D eigenvalue weighted by molar-refractivity contribution is 5.71. The van der Waals surface area contributed by atoms with E-state index in [-0.39, 0.29) is 31.1 Å². The molecule has 0 spiro atoms. The first-order chi connectivity index (χ1) is 29.8. The summed E-state index contributed by atoms with van der Waals surface area (Å²) in [7, 11) is 0. The van der Waals surface area contributed by atoms with Gasteiger partial charge in [-0.25, -0.2) is 0 Å². The van der Waals surface area contributed by atoms with E-state index >= 15 is 0 Å². The van der Waals surface area contributed by atoms with Gasteiger partial charge in [-0.15, -0.1) is 0 Å². The van der Waals surface area contributed by atoms with Crippen LogP contribution in [0, 0.1) is 11.8 Å². The average Bonchev–Trinajstić information content (AvgIpc) is 3.24. The van der Waals surface area contributed by atoms with Gasteiger partial charge >= 0.3 is 17.9 Å². The van der Waals surface area contributed by atoms with Crippen molar-refractivity contribution in [2.45, 2.75) is 310 Å². The molecule has 0 aliphatic heterocycles. The van der Waals surface area contributed by atoms with Crippen LogP contribution in [0.3, 0.4) is 0 Å². The molecule has 0 aromatic rings. The number of unbranched alkanes of at least 4 members (excludes halogenated alkanes) is 33. The number of rotatable bonds is 49. The summed E-state index contributed by atoms with van der Waals surface area (Å²) in [5, 5.41) is 0. The van der Waals surface area contributed by atoms with Gasteiger partial charge in [-0.3, -0.25) is 14.4 Å². The molecular formula is C55H106O6. The van der Waals surface area contributed by atoms with E-state index in [0.717, 1.165) is 69.6 Å². The van der Waals surface area contributed by atoms with Crippen molar-refractivity contribution in [1.29, 1.82) is 0 Å². The summed E-state index contributed by atoms with van der Waals surface area (Å²) in [6, 6.07) is 0. The molecule has 0 amide bonds. The van der Waals surface area contributed by atoms with Crippen LogP contribution in [-0.4, -0.2) is 37.2 Å². The van der Waals surface area contributed by atoms with Crippen LogP contribution in [0.5, 0.6) is 0 Å². The van der Waals surface area contributed by atoms with Crippen molar-refractivity contribution in [1.82, 2.24) is 0 Å². The van der Waals surface area contributed by atoms with Crippen LogP contribution in [0.1, 0.15) is 304 Å². The van der Waals surface area contributed by atoms with E-state index < -0.39 is 6.10 Å². The highest BCUT2D eigenvalue weighted by atomic mass is 16.6. The van der Waals surface area contributed by atoms with Gasteiger partial charge in [-0.1, -0.05) is 266 Å². The molecule has 0 saturated heterocycles. The fourth-order valence-corrected chi connectivity index (χ4v) is 8.31. The monoisotopic (exact) mass is 863 g/mol. The van der Waals surface area contributed by atoms with Gasteiger partial charge in [0, 0.05) is 19.3 Å². The van der Waals surface area contributed by atoms with E-state index in [2.05, 4.69) is 34.6 Å². The summed E-state index contributed by atoms with van der Waals surface area (Å²) in [5.74, 6) is 0.878. The quantitative estimate of drug-likeness (QED) is 0.0344. The largest absolute Gasteiger partial charge is 0.462 e. The zero-order chi connectivity index (χ0) is 44.7. The molecule has 61 heavy (non-hydrogen) atoms. The standard InChI is InChI=1S/C55H106O6/c1-6-8-9-10-11-12-18-27-32-37-42-47-55(58)61-52(49-60-54(57)46-41-36-31-26-22-17-19-23-28-33-38-43-50(3)4)48-59-53(56)45-40-35-30-25-21-16-14-13-15-20-24-29-34-39-44-51(5)7-2/h50-52H,6-49H2,1-5H3/t51?,52-/m1/s1. The molecule has 0 aromatic heterocycles. The van der Waals surface area contributed by atoms with Gasteiger partial charge < -0.3 is 14.2 Å². The van der Waals surface area contributed by atoms with E-state index in [9.17, 15) is 14.4 Å². The van der Waals surface area contributed by atoms with E-state index in [1.54, 1.807) is 0 Å². The average molecular weight is 863 g/mol. The number of carbonyl (C=O) groups excluding carboxylic acids is 3. The molecular weight excluding hydrogens is 757 g/mol. The minimum absolute atomic E-state index is 0.0632. The smallest absolute Gasteiger partial charge is 0.306 e. The molecule has 0 aromatic carbocycles. The predicted molar refractivity (Wildman–Crippen MR) is 261 cm³/mol. The first-order valence-corrected chi connectivity index (χ1v) is 27.3. The van der Waals surface area contributed by atoms with Crippen LogP contribution in [0.2, 0.25) is 0 Å². The van der Waals surface area contributed by atoms with Crippen molar-refractivity contribution in [2.75, 3.05) is 13.2 Å². The van der Waals surface area contributed by atoms with Gasteiger partial charge in [0.2, 0.25) is 0 Å². The highest BCUT2D eigenvalue weighted by Gasteiger charge is 2.19. The highest BCUT2D eigenvalue weighted by Crippen LogP contribution is 2.18. The summed E-state index contributed by atoms with van der Waals surface area (Å²) in [5.41, 5.74) is 0. The minimum Gasteiger partial charge on any atom is -0.462 e. The van der Waals surface area contributed by atoms with E-state index in [0.29, 0.717) is 19.3 Å². The third kappa shape index (κ3) is 47.7. The van der Waals surface area contributed by atoms with Gasteiger partial charge in [0.15, 0.2) is 6.10 Å². The zero-order valence-electron chi connectivity index (χ0n) is 41.8. The van der Waals surface area contributed by atoms with Gasteiger partial charge in [0.05, 0.1) is 0 Å². The number of carbonyl (C=O) groups is 3. The van der Waals surface area contributed by atoms with Crippen LogP contribution in [0.25, 0.3) is 0 Å². The molecule has 6 heteroatoms. The van der Waals surface area contributed by atoms with Crippen molar-refractivity contribution < 1.29 is 28.6 Å². The summed E-state index contributed by atoms with van der Waals surface area (Å²) in [6.07, 6.45) is 49.4. The molecule has 0 radical (unpaired) electrons. The topological polar surface area (TPSA) is 78.9 Å². The maximum absolute atomic E-state index is 12.8. The first-order valence-electron chi connectivity index (χ1n) is 27.3. The summed E-state index contributed by atoms with van der Waals surface area (Å²) < 4.78 is 16.8. The molecule has 0 heterocycles. The number of hydrogen-bond donors (Lipinski definition) is 0. The van der Waals surface area contributed by atoms with Gasteiger partial charge in [0.25, 0.3) is 0 Å². The second-order valence-corrected chi connectivity index (χ2v) is 19.6. The SMILES string of the molecule is CCCCCCCCCCCCCC(=O)O[C@H](COC(=O)CCCCCCCCCCCCCCCCC(C)CC)COC(=O)CCCCCCCCCCCCCC(C)C. The maximum atomic E-state index is 12.8. The second kappa shape index (κ2) is 47.9. The molecule has 0 aliphatic carbocycles. The molecule has 0 rings (SSSR count). The number of hydrogen-bond acceptors (Lipinski definition) is 6. The fourth-order valence-electron chi connectivity index (χ4n) is 8.31. The van der Waals surface area contributed by atoms with E-state index in [4.69, 9.17) is 14.2 Å². The normalized spacial score (nSPS) is 12.5. The lowest BCUT2D eigenvalue weighted by atomic mass is 9.99. The molecule has 0 fully saturated rings. The molecule has 6 nitrogen and oxygen atoms in total. The Kier molecular flexibility index (Phi) is 46.6. The molecule has 1 unspecified atom stereocenters. The number of ether oxygens (including phenoxy) is 3. The van der Waals surface area contributed by atoms with Gasteiger partial charge in [0.1, 0.15) is 13.2 Å². The molecule has 0 bridgehead atoms. The van der Waals surface area contributed by atoms with E-state index in [1.807, 2.05) is 0 Å². The summed E-state index contributed by atoms with van der Waals surface area (Å²) >= 11 is 0. The molecule has 0 aliphatic rings. The van der Waals surface area contributed by atoms with Crippen molar-refractivity contribution >= 4 is 17.9 Å². The lowest BCUT2D eigenvalue weighted by Crippen LogP contribution is -2.30. The van der Waals surface area contributed by atoms with Crippen LogP contribution < -0.4 is 0 Å². The lowest BCUT2D eigenvalue weighted by molar-refractivity contribution is -0.167. The van der Waals surface area contributed by atoms with Crippen molar-refractivity contribution in [2.24, 2.45) is 11.8 Å². The summed E-state index contributed by atoms with van der Waals surface area (Å²) in [6.45, 7) is 11.4. The second-order valence-electron chi connectivity index (χ2n) is 19.6. The fraction of sp³-hybridized carbons (Fsp3) is 0.945. The third-order valence-corrected chi connectivity index (χ3v) is 12.8. The Morgan fingerprint density at radius 3 is 0.934 bits per heavy atom.